The molecule has 0 aliphatic carbocycles. The van der Waals surface area contributed by atoms with Crippen LogP contribution in [-0.4, -0.2) is 43.7 Å². The molecular weight excluding hydrogens is 258 g/mol. The summed E-state index contributed by atoms with van der Waals surface area (Å²) < 4.78 is 0. The van der Waals surface area contributed by atoms with Gasteiger partial charge in [0.25, 0.3) is 0 Å². The third kappa shape index (κ3) is 3.62. The Kier molecular flexibility index (Phi) is 4.71. The molecule has 0 radical (unpaired) electrons. The molecule has 2 atom stereocenters. The molecule has 1 aromatic carbocycles. The van der Waals surface area contributed by atoms with Gasteiger partial charge in [-0.2, -0.15) is 0 Å². The van der Waals surface area contributed by atoms with Gasteiger partial charge in [0.2, 0.25) is 0 Å². The predicted molar refractivity (Wildman–Crippen MR) is 83.1 cm³/mol. The summed E-state index contributed by atoms with van der Waals surface area (Å²) in [5, 5.41) is 0.834. The van der Waals surface area contributed by atoms with Crippen LogP contribution in [-0.2, 0) is 6.42 Å². The van der Waals surface area contributed by atoms with E-state index in [2.05, 4.69) is 42.0 Å². The maximum absolute atomic E-state index is 6.38. The fourth-order valence-corrected chi connectivity index (χ4v) is 3.00. The second kappa shape index (κ2) is 6.12. The van der Waals surface area contributed by atoms with Crippen LogP contribution in [0.1, 0.15) is 19.4 Å². The van der Waals surface area contributed by atoms with Gasteiger partial charge in [-0.25, -0.2) is 0 Å². The highest BCUT2D eigenvalue weighted by atomic mass is 35.5. The molecule has 2 unspecified atom stereocenters. The van der Waals surface area contributed by atoms with Gasteiger partial charge in [0, 0.05) is 42.4 Å². The van der Waals surface area contributed by atoms with Gasteiger partial charge in [-0.05, 0) is 45.0 Å². The first-order chi connectivity index (χ1) is 8.97. The van der Waals surface area contributed by atoms with E-state index in [0.717, 1.165) is 36.6 Å². The van der Waals surface area contributed by atoms with Crippen molar-refractivity contribution in [3.8, 4) is 0 Å². The van der Waals surface area contributed by atoms with Gasteiger partial charge in [-0.1, -0.05) is 17.7 Å². The Morgan fingerprint density at radius 1 is 1.42 bits per heavy atom. The number of anilines is 1. The van der Waals surface area contributed by atoms with Crippen molar-refractivity contribution in [2.45, 2.75) is 32.4 Å². The van der Waals surface area contributed by atoms with E-state index in [1.54, 1.807) is 0 Å². The number of likely N-dealkylation sites (N-methyl/N-ethyl adjacent to an activating group) is 1. The third-order valence-electron chi connectivity index (χ3n) is 3.74. The fourth-order valence-electron chi connectivity index (χ4n) is 2.75. The van der Waals surface area contributed by atoms with Crippen LogP contribution in [0.15, 0.2) is 18.2 Å². The SMILES string of the molecule is CC(N)Cc1ccc(N2CCN(C)CC2C)cc1Cl. The van der Waals surface area contributed by atoms with Crippen molar-refractivity contribution >= 4 is 17.3 Å². The third-order valence-corrected chi connectivity index (χ3v) is 4.09. The summed E-state index contributed by atoms with van der Waals surface area (Å²) in [6, 6.07) is 7.04. The van der Waals surface area contributed by atoms with Gasteiger partial charge < -0.3 is 15.5 Å². The van der Waals surface area contributed by atoms with Gasteiger partial charge in [0.1, 0.15) is 0 Å². The van der Waals surface area contributed by atoms with Gasteiger partial charge in [-0.15, -0.1) is 0 Å². The quantitative estimate of drug-likeness (QED) is 0.923. The fraction of sp³-hybridized carbons (Fsp3) is 0.600. The molecule has 19 heavy (non-hydrogen) atoms. The summed E-state index contributed by atoms with van der Waals surface area (Å²) in [4.78, 5) is 4.80. The Bertz CT molecular complexity index is 433. The van der Waals surface area contributed by atoms with Crippen LogP contribution in [0.4, 0.5) is 5.69 Å². The van der Waals surface area contributed by atoms with Crippen molar-refractivity contribution < 1.29 is 0 Å². The van der Waals surface area contributed by atoms with Crippen LogP contribution in [0.3, 0.4) is 0 Å². The van der Waals surface area contributed by atoms with Gasteiger partial charge in [0.05, 0.1) is 0 Å². The molecule has 0 amide bonds. The number of hydrogen-bond donors (Lipinski definition) is 1. The summed E-state index contributed by atoms with van der Waals surface area (Å²) in [6.07, 6.45) is 0.831. The topological polar surface area (TPSA) is 32.5 Å². The summed E-state index contributed by atoms with van der Waals surface area (Å²) in [5.74, 6) is 0. The number of nitrogens with two attached hydrogens (primary N) is 1. The molecule has 0 aromatic heterocycles. The highest BCUT2D eigenvalue weighted by Gasteiger charge is 2.22. The lowest BCUT2D eigenvalue weighted by molar-refractivity contribution is 0.275. The van der Waals surface area contributed by atoms with Crippen LogP contribution < -0.4 is 10.6 Å². The smallest absolute Gasteiger partial charge is 0.0459 e. The first-order valence-electron chi connectivity index (χ1n) is 6.96. The lowest BCUT2D eigenvalue weighted by atomic mass is 10.1. The summed E-state index contributed by atoms with van der Waals surface area (Å²) in [5.41, 5.74) is 8.20. The van der Waals surface area contributed by atoms with E-state index in [9.17, 15) is 0 Å². The monoisotopic (exact) mass is 281 g/mol. The summed E-state index contributed by atoms with van der Waals surface area (Å²) >= 11 is 6.38. The van der Waals surface area contributed by atoms with E-state index >= 15 is 0 Å². The highest BCUT2D eigenvalue weighted by Crippen LogP contribution is 2.27. The minimum absolute atomic E-state index is 0.144. The largest absolute Gasteiger partial charge is 0.366 e. The second-order valence-electron chi connectivity index (χ2n) is 5.76. The highest BCUT2D eigenvalue weighted by molar-refractivity contribution is 6.31. The molecule has 1 aliphatic heterocycles. The van der Waals surface area contributed by atoms with E-state index in [0.29, 0.717) is 6.04 Å². The zero-order valence-electron chi connectivity index (χ0n) is 12.1. The first-order valence-corrected chi connectivity index (χ1v) is 7.34. The zero-order valence-corrected chi connectivity index (χ0v) is 12.8. The predicted octanol–water partition coefficient (Wildman–Crippen LogP) is 2.37. The summed E-state index contributed by atoms with van der Waals surface area (Å²) in [6.45, 7) is 7.52. The van der Waals surface area contributed by atoms with E-state index < -0.39 is 0 Å². The van der Waals surface area contributed by atoms with E-state index in [1.165, 1.54) is 5.69 Å². The molecule has 3 nitrogen and oxygen atoms in total. The van der Waals surface area contributed by atoms with Crippen LogP contribution in [0.2, 0.25) is 5.02 Å². The Labute approximate surface area is 121 Å². The molecule has 1 fully saturated rings. The molecule has 1 heterocycles. The average molecular weight is 282 g/mol. The van der Waals surface area contributed by atoms with E-state index in [-0.39, 0.29) is 6.04 Å². The normalized spacial score (nSPS) is 22.6. The zero-order chi connectivity index (χ0) is 14.0. The lowest BCUT2D eigenvalue weighted by Crippen LogP contribution is -2.50. The molecule has 1 saturated heterocycles. The van der Waals surface area contributed by atoms with E-state index in [4.69, 9.17) is 17.3 Å². The average Bonchev–Trinajstić information content (AvgIpc) is 2.31. The number of nitrogens with zero attached hydrogens (tertiary/aromatic N) is 2. The van der Waals surface area contributed by atoms with Crippen molar-refractivity contribution in [3.05, 3.63) is 28.8 Å². The minimum Gasteiger partial charge on any atom is -0.366 e. The molecule has 0 bridgehead atoms. The molecule has 1 aromatic rings. The molecule has 0 saturated carbocycles. The van der Waals surface area contributed by atoms with Crippen molar-refractivity contribution in [2.24, 2.45) is 5.73 Å². The van der Waals surface area contributed by atoms with Crippen LogP contribution in [0, 0.1) is 0 Å². The molecule has 0 spiro atoms. The van der Waals surface area contributed by atoms with Crippen LogP contribution in [0.5, 0.6) is 0 Å². The minimum atomic E-state index is 0.144. The molecule has 4 heteroatoms. The molecular formula is C15H24ClN3. The van der Waals surface area contributed by atoms with E-state index in [1.807, 2.05) is 6.92 Å². The van der Waals surface area contributed by atoms with Crippen molar-refractivity contribution in [1.82, 2.24) is 4.90 Å². The second-order valence-corrected chi connectivity index (χ2v) is 6.17. The van der Waals surface area contributed by atoms with Crippen LogP contribution in [0.25, 0.3) is 0 Å². The number of halogens is 1. The van der Waals surface area contributed by atoms with Crippen molar-refractivity contribution in [3.63, 3.8) is 0 Å². The van der Waals surface area contributed by atoms with Crippen molar-refractivity contribution in [2.75, 3.05) is 31.6 Å². The number of benzene rings is 1. The molecule has 106 valence electrons. The Morgan fingerprint density at radius 2 is 2.16 bits per heavy atom. The number of piperazine rings is 1. The standard InChI is InChI=1S/C15H24ClN3/c1-11(17)8-13-4-5-14(9-15(13)16)19-7-6-18(3)10-12(19)2/h4-5,9,11-12H,6-8,10,17H2,1-3H3. The molecule has 1 aliphatic rings. The number of hydrogen-bond acceptors (Lipinski definition) is 3. The van der Waals surface area contributed by atoms with Gasteiger partial charge >= 0.3 is 0 Å². The molecule has 2 N–H and O–H groups in total. The summed E-state index contributed by atoms with van der Waals surface area (Å²) in [7, 11) is 2.17. The lowest BCUT2D eigenvalue weighted by Gasteiger charge is -2.40. The van der Waals surface area contributed by atoms with Gasteiger partial charge in [-0.3, -0.25) is 0 Å². The van der Waals surface area contributed by atoms with Crippen molar-refractivity contribution in [1.29, 1.82) is 0 Å². The first kappa shape index (κ1) is 14.6. The Hall–Kier alpha value is -0.770. The maximum atomic E-state index is 6.38. The number of rotatable bonds is 3. The maximum Gasteiger partial charge on any atom is 0.0459 e. The Balaban J connectivity index is 2.15. The van der Waals surface area contributed by atoms with Crippen LogP contribution >= 0.6 is 11.6 Å². The Morgan fingerprint density at radius 3 is 2.74 bits per heavy atom. The van der Waals surface area contributed by atoms with Gasteiger partial charge in [0.15, 0.2) is 0 Å². The molecule has 2 rings (SSSR count).